The first-order valence-corrected chi connectivity index (χ1v) is 6.59. The van der Waals surface area contributed by atoms with Gasteiger partial charge in [0.05, 0.1) is 0 Å². The highest BCUT2D eigenvalue weighted by Crippen LogP contribution is 2.22. The summed E-state index contributed by atoms with van der Waals surface area (Å²) < 4.78 is 41.6. The van der Waals surface area contributed by atoms with Crippen molar-refractivity contribution in [1.82, 2.24) is 5.32 Å². The molecular weight excluding hydrogens is 301 g/mol. The van der Waals surface area contributed by atoms with Gasteiger partial charge < -0.3 is 15.8 Å². The third-order valence-electron chi connectivity index (χ3n) is 2.65. The zero-order chi connectivity index (χ0) is 16.6. The van der Waals surface area contributed by atoms with Crippen molar-refractivity contribution < 1.29 is 27.5 Å². The van der Waals surface area contributed by atoms with Crippen LogP contribution >= 0.6 is 0 Å². The smallest absolute Gasteiger partial charge is 0.370 e. The maximum atomic E-state index is 12.3. The van der Waals surface area contributed by atoms with Crippen molar-refractivity contribution in [1.29, 1.82) is 0 Å². The summed E-state index contributed by atoms with van der Waals surface area (Å²) in [6, 6.07) is 7.88. The molecular formula is C14H17F3N2O3. The molecule has 1 aromatic carbocycles. The molecule has 0 saturated carbocycles. The van der Waals surface area contributed by atoms with Crippen LogP contribution in [0.2, 0.25) is 0 Å². The number of hydrogen-bond donors (Lipinski definition) is 2. The molecule has 8 heteroatoms. The predicted molar refractivity (Wildman–Crippen MR) is 72.6 cm³/mol. The van der Waals surface area contributed by atoms with E-state index >= 15 is 0 Å². The molecule has 0 heterocycles. The van der Waals surface area contributed by atoms with Crippen LogP contribution in [0.25, 0.3) is 0 Å². The summed E-state index contributed by atoms with van der Waals surface area (Å²) in [6.07, 6.45) is -5.50. The number of nitrogens with one attached hydrogen (secondary N) is 1. The van der Waals surface area contributed by atoms with Crippen molar-refractivity contribution in [2.45, 2.75) is 25.1 Å². The molecule has 0 aliphatic heterocycles. The Morgan fingerprint density at radius 3 is 2.41 bits per heavy atom. The number of rotatable bonds is 8. The van der Waals surface area contributed by atoms with Gasteiger partial charge in [0.15, 0.2) is 6.10 Å². The summed E-state index contributed by atoms with van der Waals surface area (Å²) in [5, 5.41) is 2.43. The summed E-state index contributed by atoms with van der Waals surface area (Å²) >= 11 is 0. The lowest BCUT2D eigenvalue weighted by Gasteiger charge is -2.19. The van der Waals surface area contributed by atoms with E-state index < -0.39 is 30.7 Å². The van der Waals surface area contributed by atoms with E-state index in [-0.39, 0.29) is 13.0 Å². The van der Waals surface area contributed by atoms with E-state index in [0.717, 1.165) is 0 Å². The minimum absolute atomic E-state index is 0.0830. The van der Waals surface area contributed by atoms with Crippen LogP contribution < -0.4 is 11.1 Å². The second kappa shape index (κ2) is 8.38. The van der Waals surface area contributed by atoms with Crippen molar-refractivity contribution in [2.75, 3.05) is 13.2 Å². The van der Waals surface area contributed by atoms with E-state index in [1.54, 1.807) is 18.2 Å². The standard InChI is InChI=1S/C14H17F3N2O3/c15-14(16,17)9-22-12(10-5-2-1-3-6-10)13(21)19-8-4-7-11(18)20/h1-3,5-6,12H,4,7-9H2,(H2,18,20)(H,19,21)/t12-/m1/s1. The molecule has 0 spiro atoms. The van der Waals surface area contributed by atoms with Crippen molar-refractivity contribution >= 4 is 11.8 Å². The fraction of sp³-hybridized carbons (Fsp3) is 0.429. The van der Waals surface area contributed by atoms with Crippen LogP contribution in [-0.2, 0) is 14.3 Å². The van der Waals surface area contributed by atoms with Gasteiger partial charge in [-0.1, -0.05) is 30.3 Å². The number of carbonyl (C=O) groups excluding carboxylic acids is 2. The summed E-state index contributed by atoms with van der Waals surface area (Å²) in [4.78, 5) is 22.6. The molecule has 1 rings (SSSR count). The maximum absolute atomic E-state index is 12.3. The second-order valence-corrected chi connectivity index (χ2v) is 4.58. The summed E-state index contributed by atoms with van der Waals surface area (Å²) in [5.41, 5.74) is 5.27. The van der Waals surface area contributed by atoms with Gasteiger partial charge in [-0.25, -0.2) is 0 Å². The fourth-order valence-corrected chi connectivity index (χ4v) is 1.70. The molecule has 1 aromatic rings. The predicted octanol–water partition coefficient (Wildman–Crippen LogP) is 1.69. The van der Waals surface area contributed by atoms with E-state index in [4.69, 9.17) is 10.5 Å². The highest BCUT2D eigenvalue weighted by molar-refractivity contribution is 5.82. The number of ether oxygens (including phenoxy) is 1. The average molecular weight is 318 g/mol. The lowest BCUT2D eigenvalue weighted by Crippen LogP contribution is -2.34. The number of alkyl halides is 3. The second-order valence-electron chi connectivity index (χ2n) is 4.58. The van der Waals surface area contributed by atoms with Gasteiger partial charge in [-0.15, -0.1) is 0 Å². The van der Waals surface area contributed by atoms with E-state index in [9.17, 15) is 22.8 Å². The molecule has 0 aromatic heterocycles. The Morgan fingerprint density at radius 2 is 1.86 bits per heavy atom. The number of amides is 2. The Kier molecular flexibility index (Phi) is 6.84. The van der Waals surface area contributed by atoms with Crippen LogP contribution in [-0.4, -0.2) is 31.1 Å². The molecule has 0 saturated heterocycles. The van der Waals surface area contributed by atoms with Gasteiger partial charge in [-0.2, -0.15) is 13.2 Å². The minimum Gasteiger partial charge on any atom is -0.370 e. The van der Waals surface area contributed by atoms with Gasteiger partial charge in [0.1, 0.15) is 6.61 Å². The largest absolute Gasteiger partial charge is 0.411 e. The zero-order valence-electron chi connectivity index (χ0n) is 11.7. The van der Waals surface area contributed by atoms with E-state index in [2.05, 4.69) is 5.32 Å². The molecule has 0 fully saturated rings. The van der Waals surface area contributed by atoms with Gasteiger partial charge >= 0.3 is 6.18 Å². The Labute approximate surface area is 125 Å². The Balaban J connectivity index is 2.64. The normalized spacial score (nSPS) is 12.7. The van der Waals surface area contributed by atoms with Crippen LogP contribution in [0.3, 0.4) is 0 Å². The number of nitrogens with two attached hydrogens (primary N) is 1. The first-order chi connectivity index (χ1) is 10.3. The Bertz CT molecular complexity index is 492. The van der Waals surface area contributed by atoms with Crippen LogP contribution in [0.15, 0.2) is 30.3 Å². The topological polar surface area (TPSA) is 81.4 Å². The number of primary amides is 1. The van der Waals surface area contributed by atoms with Gasteiger partial charge in [0, 0.05) is 13.0 Å². The zero-order valence-corrected chi connectivity index (χ0v) is 11.7. The molecule has 22 heavy (non-hydrogen) atoms. The van der Waals surface area contributed by atoms with Crippen LogP contribution in [0.4, 0.5) is 13.2 Å². The van der Waals surface area contributed by atoms with Crippen molar-refractivity contribution in [2.24, 2.45) is 5.73 Å². The number of halogens is 3. The molecule has 0 aliphatic carbocycles. The summed E-state index contributed by atoms with van der Waals surface area (Å²) in [7, 11) is 0. The van der Waals surface area contributed by atoms with E-state index in [1.165, 1.54) is 12.1 Å². The summed E-state index contributed by atoms with van der Waals surface area (Å²) in [6.45, 7) is -1.40. The van der Waals surface area contributed by atoms with Gasteiger partial charge in [0.2, 0.25) is 5.91 Å². The lowest BCUT2D eigenvalue weighted by molar-refractivity contribution is -0.188. The molecule has 0 bridgehead atoms. The van der Waals surface area contributed by atoms with Crippen molar-refractivity contribution in [3.8, 4) is 0 Å². The lowest BCUT2D eigenvalue weighted by atomic mass is 10.1. The third kappa shape index (κ3) is 7.07. The first kappa shape index (κ1) is 18.0. The van der Waals surface area contributed by atoms with Crippen molar-refractivity contribution in [3.63, 3.8) is 0 Å². The van der Waals surface area contributed by atoms with Gasteiger partial charge in [0.25, 0.3) is 5.91 Å². The third-order valence-corrected chi connectivity index (χ3v) is 2.65. The number of hydrogen-bond acceptors (Lipinski definition) is 3. The molecule has 3 N–H and O–H groups in total. The molecule has 2 amide bonds. The average Bonchev–Trinajstić information content (AvgIpc) is 2.43. The molecule has 0 radical (unpaired) electrons. The summed E-state index contributed by atoms with van der Waals surface area (Å²) in [5.74, 6) is -1.21. The van der Waals surface area contributed by atoms with Crippen LogP contribution in [0, 0.1) is 0 Å². The Morgan fingerprint density at radius 1 is 1.23 bits per heavy atom. The number of carbonyl (C=O) groups is 2. The fourth-order valence-electron chi connectivity index (χ4n) is 1.70. The first-order valence-electron chi connectivity index (χ1n) is 6.59. The molecule has 0 aliphatic rings. The maximum Gasteiger partial charge on any atom is 0.411 e. The molecule has 1 atom stereocenters. The minimum atomic E-state index is -4.53. The highest BCUT2D eigenvalue weighted by atomic mass is 19.4. The molecule has 122 valence electrons. The van der Waals surface area contributed by atoms with Gasteiger partial charge in [-0.05, 0) is 12.0 Å². The highest BCUT2D eigenvalue weighted by Gasteiger charge is 2.32. The monoisotopic (exact) mass is 318 g/mol. The van der Waals surface area contributed by atoms with E-state index in [0.29, 0.717) is 12.0 Å². The quantitative estimate of drug-likeness (QED) is 0.716. The molecule has 0 unspecified atom stereocenters. The SMILES string of the molecule is NC(=O)CCCNC(=O)[C@H](OCC(F)(F)F)c1ccccc1. The van der Waals surface area contributed by atoms with Gasteiger partial charge in [-0.3, -0.25) is 9.59 Å². The van der Waals surface area contributed by atoms with E-state index in [1.807, 2.05) is 0 Å². The van der Waals surface area contributed by atoms with Crippen LogP contribution in [0.5, 0.6) is 0 Å². The van der Waals surface area contributed by atoms with Crippen LogP contribution in [0.1, 0.15) is 24.5 Å². The van der Waals surface area contributed by atoms with Crippen molar-refractivity contribution in [3.05, 3.63) is 35.9 Å². The molecule has 5 nitrogen and oxygen atoms in total. The Hall–Kier alpha value is -2.09. The number of benzene rings is 1.